The molecule has 2 atom stereocenters. The zero-order valence-electron chi connectivity index (χ0n) is 10.9. The first-order chi connectivity index (χ1) is 8.02. The number of carbonyl (C=O) groups is 2. The van der Waals surface area contributed by atoms with E-state index in [0.29, 0.717) is 19.4 Å². The van der Waals surface area contributed by atoms with Crippen LogP contribution < -0.4 is 0 Å². The Hall–Kier alpha value is -1.16. The number of rotatable bonds is 9. The second-order valence-corrected chi connectivity index (χ2v) is 4.02. The molecule has 0 aliphatic carbocycles. The molecule has 0 rings (SSSR count). The number of hydrogen-bond acceptors (Lipinski definition) is 4. The van der Waals surface area contributed by atoms with Crippen LogP contribution in [0.3, 0.4) is 0 Å². The Labute approximate surface area is 103 Å². The Balaban J connectivity index is 3.78. The van der Waals surface area contributed by atoms with E-state index in [2.05, 4.69) is 6.58 Å². The van der Waals surface area contributed by atoms with Crippen LogP contribution in [-0.2, 0) is 19.1 Å². The van der Waals surface area contributed by atoms with Crippen molar-refractivity contribution in [3.05, 3.63) is 12.7 Å². The van der Waals surface area contributed by atoms with Gasteiger partial charge in [0, 0.05) is 13.0 Å². The van der Waals surface area contributed by atoms with Crippen LogP contribution in [0.4, 0.5) is 0 Å². The summed E-state index contributed by atoms with van der Waals surface area (Å²) in [6.45, 7) is 7.16. The molecule has 98 valence electrons. The molecule has 0 aliphatic heterocycles. The summed E-state index contributed by atoms with van der Waals surface area (Å²) in [5.74, 6) is -0.219. The van der Waals surface area contributed by atoms with E-state index in [-0.39, 0.29) is 17.7 Å². The van der Waals surface area contributed by atoms with E-state index in [4.69, 9.17) is 9.47 Å². The normalized spacial score (nSPS) is 13.8. The Kier molecular flexibility index (Phi) is 8.32. The largest absolute Gasteiger partial charge is 0.464 e. The average molecular weight is 242 g/mol. The standard InChI is InChI=1S/C13H22O4/c1-5-7-12(10(2)14)8-6-9-17-13(15)11(3)16-4/h5,11-12H,1,6-9H2,2-4H3. The van der Waals surface area contributed by atoms with Gasteiger partial charge in [-0.15, -0.1) is 6.58 Å². The van der Waals surface area contributed by atoms with Gasteiger partial charge in [-0.1, -0.05) is 6.08 Å². The number of esters is 1. The van der Waals surface area contributed by atoms with Crippen LogP contribution in [0.2, 0.25) is 0 Å². The summed E-state index contributed by atoms with van der Waals surface area (Å²) < 4.78 is 9.83. The topological polar surface area (TPSA) is 52.6 Å². The van der Waals surface area contributed by atoms with Gasteiger partial charge in [0.2, 0.25) is 0 Å². The average Bonchev–Trinajstić information content (AvgIpc) is 2.31. The Bertz CT molecular complexity index is 260. The number of carbonyl (C=O) groups excluding carboxylic acids is 2. The van der Waals surface area contributed by atoms with Crippen LogP contribution in [0.1, 0.15) is 33.1 Å². The summed E-state index contributed by atoms with van der Waals surface area (Å²) in [7, 11) is 1.46. The smallest absolute Gasteiger partial charge is 0.334 e. The fraction of sp³-hybridized carbons (Fsp3) is 0.692. The lowest BCUT2D eigenvalue weighted by Crippen LogP contribution is -2.22. The maximum Gasteiger partial charge on any atom is 0.334 e. The molecule has 0 spiro atoms. The van der Waals surface area contributed by atoms with Crippen molar-refractivity contribution in [2.24, 2.45) is 5.92 Å². The first kappa shape index (κ1) is 15.8. The van der Waals surface area contributed by atoms with Crippen molar-refractivity contribution in [2.75, 3.05) is 13.7 Å². The fourth-order valence-corrected chi connectivity index (χ4v) is 1.40. The summed E-state index contributed by atoms with van der Waals surface area (Å²) in [5, 5.41) is 0. The SMILES string of the molecule is C=CCC(CCCOC(=O)C(C)OC)C(C)=O. The highest BCUT2D eigenvalue weighted by Gasteiger charge is 2.14. The molecule has 0 bridgehead atoms. The molecule has 2 unspecified atom stereocenters. The molecule has 0 saturated heterocycles. The molecule has 0 fully saturated rings. The van der Waals surface area contributed by atoms with Crippen LogP contribution in [0.15, 0.2) is 12.7 Å². The van der Waals surface area contributed by atoms with Gasteiger partial charge >= 0.3 is 5.97 Å². The Morgan fingerprint density at radius 1 is 1.41 bits per heavy atom. The van der Waals surface area contributed by atoms with Gasteiger partial charge in [0.15, 0.2) is 6.10 Å². The molecule has 0 aromatic heterocycles. The predicted octanol–water partition coefficient (Wildman–Crippen LogP) is 2.13. The van der Waals surface area contributed by atoms with Crippen molar-refractivity contribution in [1.29, 1.82) is 0 Å². The maximum absolute atomic E-state index is 11.2. The van der Waals surface area contributed by atoms with E-state index in [0.717, 1.165) is 6.42 Å². The van der Waals surface area contributed by atoms with Crippen LogP contribution in [0.5, 0.6) is 0 Å². The zero-order valence-corrected chi connectivity index (χ0v) is 10.9. The van der Waals surface area contributed by atoms with Crippen molar-refractivity contribution in [2.45, 2.75) is 39.2 Å². The second-order valence-electron chi connectivity index (χ2n) is 4.02. The molecule has 0 aliphatic rings. The van der Waals surface area contributed by atoms with Gasteiger partial charge in [0.25, 0.3) is 0 Å². The summed E-state index contributed by atoms with van der Waals surface area (Å²) in [4.78, 5) is 22.5. The van der Waals surface area contributed by atoms with Crippen LogP contribution >= 0.6 is 0 Å². The third-order valence-corrected chi connectivity index (χ3v) is 2.65. The van der Waals surface area contributed by atoms with Crippen LogP contribution in [0, 0.1) is 5.92 Å². The maximum atomic E-state index is 11.2. The van der Waals surface area contributed by atoms with Gasteiger partial charge in [-0.25, -0.2) is 4.79 Å². The molecule has 0 radical (unpaired) electrons. The van der Waals surface area contributed by atoms with Crippen molar-refractivity contribution in [3.8, 4) is 0 Å². The quantitative estimate of drug-likeness (QED) is 0.353. The highest BCUT2D eigenvalue weighted by Crippen LogP contribution is 2.13. The second kappa shape index (κ2) is 8.93. The first-order valence-electron chi connectivity index (χ1n) is 5.83. The summed E-state index contributed by atoms with van der Waals surface area (Å²) >= 11 is 0. The minimum Gasteiger partial charge on any atom is -0.464 e. The van der Waals surface area contributed by atoms with E-state index in [1.807, 2.05) is 0 Å². The number of ketones is 1. The number of allylic oxidation sites excluding steroid dienone is 1. The number of ether oxygens (including phenoxy) is 2. The highest BCUT2D eigenvalue weighted by molar-refractivity contribution is 5.78. The van der Waals surface area contributed by atoms with Crippen molar-refractivity contribution < 1.29 is 19.1 Å². The lowest BCUT2D eigenvalue weighted by atomic mass is 9.96. The van der Waals surface area contributed by atoms with Gasteiger partial charge in [-0.2, -0.15) is 0 Å². The van der Waals surface area contributed by atoms with Gasteiger partial charge < -0.3 is 9.47 Å². The van der Waals surface area contributed by atoms with Crippen LogP contribution in [0.25, 0.3) is 0 Å². The number of Topliss-reactive ketones (excluding diaryl/α,β-unsaturated/α-hetero) is 1. The van der Waals surface area contributed by atoms with E-state index in [1.165, 1.54) is 7.11 Å². The lowest BCUT2D eigenvalue weighted by Gasteiger charge is -2.12. The van der Waals surface area contributed by atoms with Gasteiger partial charge in [-0.3, -0.25) is 4.79 Å². The summed E-state index contributed by atoms with van der Waals surface area (Å²) in [6, 6.07) is 0. The van der Waals surface area contributed by atoms with Crippen molar-refractivity contribution in [1.82, 2.24) is 0 Å². The number of hydrogen-bond donors (Lipinski definition) is 0. The monoisotopic (exact) mass is 242 g/mol. The molecule has 0 saturated carbocycles. The molecule has 17 heavy (non-hydrogen) atoms. The van der Waals surface area contributed by atoms with Crippen molar-refractivity contribution >= 4 is 11.8 Å². The number of methoxy groups -OCH3 is 1. The van der Waals surface area contributed by atoms with Gasteiger partial charge in [0.05, 0.1) is 6.61 Å². The van der Waals surface area contributed by atoms with Gasteiger partial charge in [0.1, 0.15) is 5.78 Å². The van der Waals surface area contributed by atoms with E-state index in [1.54, 1.807) is 19.9 Å². The van der Waals surface area contributed by atoms with E-state index < -0.39 is 6.10 Å². The summed E-state index contributed by atoms with van der Waals surface area (Å²) in [5.41, 5.74) is 0. The molecular weight excluding hydrogens is 220 g/mol. The molecule has 4 heteroatoms. The molecule has 0 N–H and O–H groups in total. The molecule has 0 aromatic carbocycles. The molecule has 4 nitrogen and oxygen atoms in total. The first-order valence-corrected chi connectivity index (χ1v) is 5.83. The van der Waals surface area contributed by atoms with Gasteiger partial charge in [-0.05, 0) is 33.1 Å². The molecule has 0 heterocycles. The van der Waals surface area contributed by atoms with E-state index in [9.17, 15) is 9.59 Å². The zero-order chi connectivity index (χ0) is 13.3. The minimum atomic E-state index is -0.535. The lowest BCUT2D eigenvalue weighted by molar-refractivity contribution is -0.154. The summed E-state index contributed by atoms with van der Waals surface area (Å²) in [6.07, 6.45) is 3.28. The third kappa shape index (κ3) is 6.89. The van der Waals surface area contributed by atoms with Crippen molar-refractivity contribution in [3.63, 3.8) is 0 Å². The molecular formula is C13H22O4. The fourth-order valence-electron chi connectivity index (χ4n) is 1.40. The van der Waals surface area contributed by atoms with E-state index >= 15 is 0 Å². The highest BCUT2D eigenvalue weighted by atomic mass is 16.6. The Morgan fingerprint density at radius 3 is 2.53 bits per heavy atom. The third-order valence-electron chi connectivity index (χ3n) is 2.65. The molecule has 0 aromatic rings. The minimum absolute atomic E-state index is 0.00829. The molecule has 0 amide bonds. The predicted molar refractivity (Wildman–Crippen MR) is 65.6 cm³/mol. The van der Waals surface area contributed by atoms with Crippen LogP contribution in [-0.4, -0.2) is 31.6 Å². The Morgan fingerprint density at radius 2 is 2.06 bits per heavy atom.